The van der Waals surface area contributed by atoms with Crippen LogP contribution >= 0.6 is 0 Å². The summed E-state index contributed by atoms with van der Waals surface area (Å²) >= 11 is 0. The number of fused-ring (bicyclic) bond motifs is 1. The molecule has 1 saturated heterocycles. The highest BCUT2D eigenvalue weighted by Crippen LogP contribution is 2.36. The van der Waals surface area contributed by atoms with E-state index in [1.54, 1.807) is 23.2 Å². The van der Waals surface area contributed by atoms with Gasteiger partial charge in [0.05, 0.1) is 23.8 Å². The first-order valence-electron chi connectivity index (χ1n) is 13.4. The molecule has 0 bridgehead atoms. The van der Waals surface area contributed by atoms with Crippen LogP contribution in [0.5, 0.6) is 0 Å². The average Bonchev–Trinajstić information content (AvgIpc) is 3.14. The molecular formula is C32H39N3O3. The van der Waals surface area contributed by atoms with E-state index in [4.69, 9.17) is 0 Å². The van der Waals surface area contributed by atoms with Gasteiger partial charge in [0.2, 0.25) is 5.91 Å². The molecule has 4 rings (SSSR count). The molecule has 38 heavy (non-hydrogen) atoms. The predicted molar refractivity (Wildman–Crippen MR) is 154 cm³/mol. The number of carbonyl (C=O) groups excluding carboxylic acids is 2. The van der Waals surface area contributed by atoms with Crippen LogP contribution in [0.25, 0.3) is 0 Å². The molecule has 4 atom stereocenters. The summed E-state index contributed by atoms with van der Waals surface area (Å²) in [6.45, 7) is 10.4. The number of rotatable bonds is 9. The molecule has 0 spiro atoms. The van der Waals surface area contributed by atoms with E-state index in [0.29, 0.717) is 11.6 Å². The standard InChI is InChI=1S/C32H39N3O3/c1-21(2)10-9-11-23(5)20-29(36)28-19-18-27-30(32(38)34(31(27)37)26-12-7-6-8-13-26)35(28)33-25-16-14-24(15-17-25)22(3)4/h6-8,10,12-20,22,27-30,33,36H,9,11H2,1-5H3. The van der Waals surface area contributed by atoms with E-state index in [0.717, 1.165) is 24.1 Å². The molecule has 0 saturated carbocycles. The van der Waals surface area contributed by atoms with Crippen LogP contribution in [0.15, 0.2) is 90.0 Å². The van der Waals surface area contributed by atoms with Gasteiger partial charge < -0.3 is 10.5 Å². The molecule has 2 heterocycles. The van der Waals surface area contributed by atoms with Crippen LogP contribution in [0.2, 0.25) is 0 Å². The zero-order valence-electron chi connectivity index (χ0n) is 23.0. The molecule has 6 heteroatoms. The molecule has 0 aromatic heterocycles. The summed E-state index contributed by atoms with van der Waals surface area (Å²) in [4.78, 5) is 28.5. The van der Waals surface area contributed by atoms with Gasteiger partial charge in [-0.2, -0.15) is 0 Å². The molecule has 2 aromatic carbocycles. The molecule has 2 N–H and O–H groups in total. The van der Waals surface area contributed by atoms with E-state index >= 15 is 0 Å². The number of para-hydroxylation sites is 1. The molecule has 0 aliphatic carbocycles. The van der Waals surface area contributed by atoms with Crippen LogP contribution in [0.4, 0.5) is 11.4 Å². The number of aliphatic hydroxyl groups is 1. The first-order valence-corrected chi connectivity index (χ1v) is 13.4. The Balaban J connectivity index is 1.66. The number of imide groups is 1. The quantitative estimate of drug-likeness (QED) is 0.318. The minimum atomic E-state index is -0.866. The lowest BCUT2D eigenvalue weighted by Crippen LogP contribution is -2.57. The van der Waals surface area contributed by atoms with Crippen LogP contribution in [-0.4, -0.2) is 40.1 Å². The van der Waals surface area contributed by atoms with Crippen molar-refractivity contribution in [1.29, 1.82) is 0 Å². The van der Waals surface area contributed by atoms with Gasteiger partial charge in [0.25, 0.3) is 5.91 Å². The zero-order chi connectivity index (χ0) is 27.4. The first kappa shape index (κ1) is 27.6. The van der Waals surface area contributed by atoms with E-state index in [2.05, 4.69) is 51.3 Å². The van der Waals surface area contributed by atoms with Crippen molar-refractivity contribution in [2.45, 2.75) is 71.6 Å². The second-order valence-corrected chi connectivity index (χ2v) is 10.8. The normalized spacial score (nSPS) is 22.6. The highest BCUT2D eigenvalue weighted by molar-refractivity contribution is 6.24. The minimum absolute atomic E-state index is 0.259. The summed E-state index contributed by atoms with van der Waals surface area (Å²) in [7, 11) is 0. The van der Waals surface area contributed by atoms with Crippen molar-refractivity contribution in [3.8, 4) is 0 Å². The lowest BCUT2D eigenvalue weighted by atomic mass is 9.92. The van der Waals surface area contributed by atoms with Crippen molar-refractivity contribution in [2.24, 2.45) is 5.92 Å². The predicted octanol–water partition coefficient (Wildman–Crippen LogP) is 5.99. The van der Waals surface area contributed by atoms with Gasteiger partial charge in [-0.05, 0) is 69.4 Å². The van der Waals surface area contributed by atoms with Gasteiger partial charge in [0, 0.05) is 5.69 Å². The Labute approximate surface area is 226 Å². The van der Waals surface area contributed by atoms with Crippen molar-refractivity contribution >= 4 is 23.2 Å². The lowest BCUT2D eigenvalue weighted by molar-refractivity contribution is -0.123. The Morgan fingerprint density at radius 3 is 2.29 bits per heavy atom. The number of benzene rings is 2. The van der Waals surface area contributed by atoms with Crippen molar-refractivity contribution in [3.05, 3.63) is 95.6 Å². The fraction of sp³-hybridized carbons (Fsp3) is 0.375. The number of hydrazine groups is 1. The Hall–Kier alpha value is -3.48. The second kappa shape index (κ2) is 11.9. The second-order valence-electron chi connectivity index (χ2n) is 10.8. The van der Waals surface area contributed by atoms with Gasteiger partial charge in [0.1, 0.15) is 6.04 Å². The smallest absolute Gasteiger partial charge is 0.254 e. The van der Waals surface area contributed by atoms with Crippen LogP contribution in [-0.2, 0) is 9.59 Å². The fourth-order valence-corrected chi connectivity index (χ4v) is 5.08. The monoisotopic (exact) mass is 513 g/mol. The van der Waals surface area contributed by atoms with E-state index in [1.807, 2.05) is 49.4 Å². The van der Waals surface area contributed by atoms with Gasteiger partial charge in [0.15, 0.2) is 0 Å². The van der Waals surface area contributed by atoms with Crippen molar-refractivity contribution in [2.75, 3.05) is 10.3 Å². The summed E-state index contributed by atoms with van der Waals surface area (Å²) in [6, 6.07) is 15.8. The summed E-state index contributed by atoms with van der Waals surface area (Å²) in [5.74, 6) is -0.806. The molecule has 2 aliphatic rings. The molecule has 4 unspecified atom stereocenters. The fourth-order valence-electron chi connectivity index (χ4n) is 5.08. The van der Waals surface area contributed by atoms with Crippen molar-refractivity contribution in [3.63, 3.8) is 0 Å². The van der Waals surface area contributed by atoms with E-state index in [-0.39, 0.29) is 11.8 Å². The SMILES string of the molecule is CC(C)=CCCC(C)=CC(O)C1C=CC2C(=O)N(c3ccccc3)C(=O)C2N1Nc1ccc(C(C)C)cc1. The third-order valence-electron chi connectivity index (χ3n) is 7.20. The zero-order valence-corrected chi connectivity index (χ0v) is 23.0. The Kier molecular flexibility index (Phi) is 8.65. The van der Waals surface area contributed by atoms with Crippen LogP contribution in [0.3, 0.4) is 0 Å². The molecular weight excluding hydrogens is 474 g/mol. The first-order chi connectivity index (χ1) is 18.2. The topological polar surface area (TPSA) is 72.9 Å². The number of allylic oxidation sites excluding steroid dienone is 3. The summed E-state index contributed by atoms with van der Waals surface area (Å²) in [6.07, 6.45) is 8.57. The number of hydrogen-bond acceptors (Lipinski definition) is 5. The molecule has 2 amide bonds. The molecule has 6 nitrogen and oxygen atoms in total. The number of anilines is 2. The maximum Gasteiger partial charge on any atom is 0.254 e. The summed E-state index contributed by atoms with van der Waals surface area (Å²) in [5.41, 5.74) is 8.29. The number of amides is 2. The third kappa shape index (κ3) is 5.98. The van der Waals surface area contributed by atoms with Crippen LogP contribution < -0.4 is 10.3 Å². The van der Waals surface area contributed by atoms with Gasteiger partial charge in [-0.3, -0.25) is 9.59 Å². The molecule has 200 valence electrons. The Morgan fingerprint density at radius 1 is 0.974 bits per heavy atom. The maximum atomic E-state index is 13.8. The minimum Gasteiger partial charge on any atom is -0.387 e. The largest absolute Gasteiger partial charge is 0.387 e. The highest BCUT2D eigenvalue weighted by Gasteiger charge is 2.53. The highest BCUT2D eigenvalue weighted by atomic mass is 16.3. The molecule has 2 aliphatic heterocycles. The van der Waals surface area contributed by atoms with Gasteiger partial charge in [-0.1, -0.05) is 79.6 Å². The van der Waals surface area contributed by atoms with E-state index in [9.17, 15) is 14.7 Å². The van der Waals surface area contributed by atoms with Gasteiger partial charge >= 0.3 is 0 Å². The van der Waals surface area contributed by atoms with E-state index in [1.165, 1.54) is 16.0 Å². The Bertz CT molecular complexity index is 1230. The van der Waals surface area contributed by atoms with Crippen LogP contribution in [0.1, 0.15) is 58.9 Å². The maximum absolute atomic E-state index is 13.8. The number of carbonyl (C=O) groups is 2. The number of hydrogen-bond donors (Lipinski definition) is 2. The molecule has 2 aromatic rings. The van der Waals surface area contributed by atoms with Gasteiger partial charge in [-0.25, -0.2) is 9.91 Å². The van der Waals surface area contributed by atoms with E-state index < -0.39 is 24.1 Å². The molecule has 1 fully saturated rings. The van der Waals surface area contributed by atoms with Crippen molar-refractivity contribution < 1.29 is 14.7 Å². The number of nitrogens with zero attached hydrogens (tertiary/aromatic N) is 2. The summed E-state index contributed by atoms with van der Waals surface area (Å²) in [5, 5.41) is 13.1. The van der Waals surface area contributed by atoms with Crippen LogP contribution in [0, 0.1) is 5.92 Å². The lowest BCUT2D eigenvalue weighted by Gasteiger charge is -2.40. The Morgan fingerprint density at radius 2 is 1.66 bits per heavy atom. The third-order valence-corrected chi connectivity index (χ3v) is 7.20. The average molecular weight is 514 g/mol. The number of aliphatic hydroxyl groups excluding tert-OH is 1. The summed E-state index contributed by atoms with van der Waals surface area (Å²) < 4.78 is 0. The van der Waals surface area contributed by atoms with Crippen molar-refractivity contribution in [1.82, 2.24) is 5.01 Å². The molecule has 0 radical (unpaired) electrons. The van der Waals surface area contributed by atoms with Gasteiger partial charge in [-0.15, -0.1) is 0 Å². The number of nitrogens with one attached hydrogen (secondary N) is 1.